The standard InChI is InChI=1S/C16H15NOS/c1-12-8-10-19-15(12)16(18)17-9-7-14(11-17)13-5-3-2-4-6-13/h2-8,10H,9,11H2,1H3. The van der Waals surface area contributed by atoms with Crippen LogP contribution in [0.4, 0.5) is 0 Å². The van der Waals surface area contributed by atoms with Crippen molar-refractivity contribution < 1.29 is 4.79 Å². The first-order valence-electron chi connectivity index (χ1n) is 6.33. The number of hydrogen-bond acceptors (Lipinski definition) is 2. The highest BCUT2D eigenvalue weighted by Gasteiger charge is 2.23. The largest absolute Gasteiger partial charge is 0.330 e. The minimum atomic E-state index is 0.148. The zero-order valence-electron chi connectivity index (χ0n) is 10.8. The molecule has 2 aromatic rings. The van der Waals surface area contributed by atoms with Crippen LogP contribution in [0.1, 0.15) is 20.8 Å². The van der Waals surface area contributed by atoms with Crippen LogP contribution < -0.4 is 0 Å². The molecule has 1 aromatic heterocycles. The molecule has 2 heterocycles. The molecule has 19 heavy (non-hydrogen) atoms. The number of carbonyl (C=O) groups excluding carboxylic acids is 1. The highest BCUT2D eigenvalue weighted by Crippen LogP contribution is 2.24. The summed E-state index contributed by atoms with van der Waals surface area (Å²) in [4.78, 5) is 15.2. The number of amides is 1. The molecule has 0 spiro atoms. The van der Waals surface area contributed by atoms with Crippen molar-refractivity contribution in [1.82, 2.24) is 4.90 Å². The summed E-state index contributed by atoms with van der Waals surface area (Å²) in [5.74, 6) is 0.148. The van der Waals surface area contributed by atoms with E-state index < -0.39 is 0 Å². The molecule has 0 saturated heterocycles. The summed E-state index contributed by atoms with van der Waals surface area (Å²) in [6, 6.07) is 12.3. The molecule has 3 rings (SSSR count). The van der Waals surface area contributed by atoms with Gasteiger partial charge in [0.05, 0.1) is 4.88 Å². The van der Waals surface area contributed by atoms with E-state index in [-0.39, 0.29) is 5.91 Å². The number of thiophene rings is 1. The van der Waals surface area contributed by atoms with Gasteiger partial charge in [0.1, 0.15) is 0 Å². The average Bonchev–Trinajstić information content (AvgIpc) is 3.08. The highest BCUT2D eigenvalue weighted by molar-refractivity contribution is 7.12. The van der Waals surface area contributed by atoms with E-state index in [4.69, 9.17) is 0 Å². The lowest BCUT2D eigenvalue weighted by atomic mass is 10.1. The Morgan fingerprint density at radius 1 is 1.21 bits per heavy atom. The molecule has 0 atom stereocenters. The monoisotopic (exact) mass is 269 g/mol. The Kier molecular flexibility index (Phi) is 3.22. The van der Waals surface area contributed by atoms with Crippen molar-refractivity contribution in [2.45, 2.75) is 6.92 Å². The first-order valence-corrected chi connectivity index (χ1v) is 7.21. The third kappa shape index (κ3) is 2.34. The van der Waals surface area contributed by atoms with Gasteiger partial charge in [0, 0.05) is 13.1 Å². The molecule has 2 nitrogen and oxygen atoms in total. The number of rotatable bonds is 2. The van der Waals surface area contributed by atoms with Crippen LogP contribution >= 0.6 is 11.3 Å². The fourth-order valence-corrected chi connectivity index (χ4v) is 3.20. The molecule has 0 N–H and O–H groups in total. The maximum absolute atomic E-state index is 12.4. The minimum Gasteiger partial charge on any atom is -0.330 e. The molecule has 0 saturated carbocycles. The summed E-state index contributed by atoms with van der Waals surface area (Å²) in [5.41, 5.74) is 3.52. The third-order valence-electron chi connectivity index (χ3n) is 3.41. The molecule has 3 heteroatoms. The molecule has 0 fully saturated rings. The van der Waals surface area contributed by atoms with Crippen LogP contribution in [0.3, 0.4) is 0 Å². The Balaban J connectivity index is 1.75. The number of carbonyl (C=O) groups is 1. The van der Waals surface area contributed by atoms with Gasteiger partial charge < -0.3 is 4.90 Å². The second-order valence-electron chi connectivity index (χ2n) is 4.71. The van der Waals surface area contributed by atoms with Crippen LogP contribution in [-0.4, -0.2) is 23.9 Å². The number of nitrogens with zero attached hydrogens (tertiary/aromatic N) is 1. The van der Waals surface area contributed by atoms with E-state index in [1.807, 2.05) is 41.5 Å². The van der Waals surface area contributed by atoms with Crippen LogP contribution in [0.2, 0.25) is 0 Å². The summed E-state index contributed by atoms with van der Waals surface area (Å²) in [6.45, 7) is 3.41. The van der Waals surface area contributed by atoms with Gasteiger partial charge in [-0.25, -0.2) is 0 Å². The lowest BCUT2D eigenvalue weighted by Gasteiger charge is -2.16. The molecule has 96 valence electrons. The van der Waals surface area contributed by atoms with Crippen molar-refractivity contribution in [3.63, 3.8) is 0 Å². The summed E-state index contributed by atoms with van der Waals surface area (Å²) in [5, 5.41) is 1.98. The van der Waals surface area contributed by atoms with Crippen LogP contribution in [0.5, 0.6) is 0 Å². The van der Waals surface area contributed by atoms with Gasteiger partial charge in [-0.05, 0) is 35.1 Å². The molecular formula is C16H15NOS. The van der Waals surface area contributed by atoms with Gasteiger partial charge in [-0.15, -0.1) is 11.3 Å². The Morgan fingerprint density at radius 3 is 2.68 bits per heavy atom. The van der Waals surface area contributed by atoms with Crippen molar-refractivity contribution in [2.75, 3.05) is 13.1 Å². The predicted molar refractivity (Wildman–Crippen MR) is 79.4 cm³/mol. The molecule has 1 aromatic carbocycles. The topological polar surface area (TPSA) is 20.3 Å². The lowest BCUT2D eigenvalue weighted by molar-refractivity contribution is 0.0805. The zero-order valence-corrected chi connectivity index (χ0v) is 11.6. The molecule has 0 radical (unpaired) electrons. The van der Waals surface area contributed by atoms with Crippen LogP contribution in [0.15, 0.2) is 47.9 Å². The second-order valence-corrected chi connectivity index (χ2v) is 5.63. The third-order valence-corrected chi connectivity index (χ3v) is 4.41. The SMILES string of the molecule is Cc1ccsc1C(=O)N1CC=C(c2ccccc2)C1. The lowest BCUT2D eigenvalue weighted by Crippen LogP contribution is -2.28. The van der Waals surface area contributed by atoms with E-state index in [1.165, 1.54) is 22.5 Å². The van der Waals surface area contributed by atoms with Gasteiger partial charge in [-0.1, -0.05) is 36.4 Å². The van der Waals surface area contributed by atoms with Crippen molar-refractivity contribution in [3.8, 4) is 0 Å². The number of aryl methyl sites for hydroxylation is 1. The predicted octanol–water partition coefficient (Wildman–Crippen LogP) is 3.60. The van der Waals surface area contributed by atoms with Gasteiger partial charge in [-0.2, -0.15) is 0 Å². The Labute approximate surface area is 117 Å². The van der Waals surface area contributed by atoms with Crippen molar-refractivity contribution in [1.29, 1.82) is 0 Å². The summed E-state index contributed by atoms with van der Waals surface area (Å²) >= 11 is 1.53. The first kappa shape index (κ1) is 12.2. The van der Waals surface area contributed by atoms with E-state index >= 15 is 0 Å². The molecule has 1 aliphatic heterocycles. The normalized spacial score (nSPS) is 14.6. The van der Waals surface area contributed by atoms with Gasteiger partial charge >= 0.3 is 0 Å². The van der Waals surface area contributed by atoms with Crippen molar-refractivity contribution in [2.24, 2.45) is 0 Å². The van der Waals surface area contributed by atoms with E-state index in [2.05, 4.69) is 18.2 Å². The van der Waals surface area contributed by atoms with E-state index in [9.17, 15) is 4.79 Å². The molecule has 0 bridgehead atoms. The van der Waals surface area contributed by atoms with E-state index in [1.54, 1.807) is 0 Å². The van der Waals surface area contributed by atoms with Gasteiger partial charge in [-0.3, -0.25) is 4.79 Å². The van der Waals surface area contributed by atoms with Crippen molar-refractivity contribution >= 4 is 22.8 Å². The summed E-state index contributed by atoms with van der Waals surface area (Å²) in [6.07, 6.45) is 2.15. The fourth-order valence-electron chi connectivity index (χ4n) is 2.31. The Morgan fingerprint density at radius 2 is 2.00 bits per heavy atom. The summed E-state index contributed by atoms with van der Waals surface area (Å²) < 4.78 is 0. The van der Waals surface area contributed by atoms with Crippen LogP contribution in [0.25, 0.3) is 5.57 Å². The number of hydrogen-bond donors (Lipinski definition) is 0. The Bertz CT molecular complexity index is 627. The average molecular weight is 269 g/mol. The maximum atomic E-state index is 12.4. The second kappa shape index (κ2) is 5.02. The van der Waals surface area contributed by atoms with Crippen LogP contribution in [0, 0.1) is 6.92 Å². The molecule has 0 unspecified atom stereocenters. The zero-order chi connectivity index (χ0) is 13.2. The Hall–Kier alpha value is -1.87. The van der Waals surface area contributed by atoms with Crippen molar-refractivity contribution in [3.05, 3.63) is 63.9 Å². The first-order chi connectivity index (χ1) is 9.25. The van der Waals surface area contributed by atoms with Gasteiger partial charge in [0.15, 0.2) is 0 Å². The minimum absolute atomic E-state index is 0.148. The quantitative estimate of drug-likeness (QED) is 0.815. The molecular weight excluding hydrogens is 254 g/mol. The fraction of sp³-hybridized carbons (Fsp3) is 0.188. The maximum Gasteiger partial charge on any atom is 0.264 e. The van der Waals surface area contributed by atoms with E-state index in [0.29, 0.717) is 13.1 Å². The highest BCUT2D eigenvalue weighted by atomic mass is 32.1. The molecule has 1 amide bonds. The summed E-state index contributed by atoms with van der Waals surface area (Å²) in [7, 11) is 0. The molecule has 1 aliphatic rings. The smallest absolute Gasteiger partial charge is 0.264 e. The van der Waals surface area contributed by atoms with Crippen LogP contribution in [-0.2, 0) is 0 Å². The van der Waals surface area contributed by atoms with Gasteiger partial charge in [0.25, 0.3) is 5.91 Å². The number of benzene rings is 1. The van der Waals surface area contributed by atoms with E-state index in [0.717, 1.165) is 10.4 Å². The molecule has 0 aliphatic carbocycles. The van der Waals surface area contributed by atoms with Gasteiger partial charge in [0.2, 0.25) is 0 Å².